The molecule has 1 rings (SSSR count). The van der Waals surface area contributed by atoms with Crippen molar-refractivity contribution in [1.29, 1.82) is 0 Å². The number of hydrogen-bond donors (Lipinski definition) is 1. The van der Waals surface area contributed by atoms with E-state index in [0.717, 1.165) is 14.5 Å². The molecular formula is C10H10Br2ClNO2. The fourth-order valence-corrected chi connectivity index (χ4v) is 2.66. The fourth-order valence-electron chi connectivity index (χ4n) is 1.18. The van der Waals surface area contributed by atoms with Crippen molar-refractivity contribution in [1.82, 2.24) is 0 Å². The van der Waals surface area contributed by atoms with Gasteiger partial charge in [0.1, 0.15) is 11.1 Å². The Morgan fingerprint density at radius 2 is 2.12 bits per heavy atom. The molecule has 6 heteroatoms. The summed E-state index contributed by atoms with van der Waals surface area (Å²) in [5.41, 5.74) is 5.98. The van der Waals surface area contributed by atoms with Crippen LogP contribution in [0.5, 0.6) is 5.75 Å². The van der Waals surface area contributed by atoms with Gasteiger partial charge in [-0.05, 0) is 40.0 Å². The van der Waals surface area contributed by atoms with E-state index >= 15 is 0 Å². The standard InChI is InChI=1S/C10H10Br2ClNO2/c1-16-9-3-5(2-8(13)10(14)15)6(11)4-7(9)12/h3-4,8H,2H2,1H3,(H2,14,15). The van der Waals surface area contributed by atoms with Crippen molar-refractivity contribution in [2.45, 2.75) is 11.8 Å². The lowest BCUT2D eigenvalue weighted by atomic mass is 10.1. The van der Waals surface area contributed by atoms with Crippen LogP contribution in [0.3, 0.4) is 0 Å². The van der Waals surface area contributed by atoms with E-state index in [1.807, 2.05) is 12.1 Å². The summed E-state index contributed by atoms with van der Waals surface area (Å²) in [4.78, 5) is 10.9. The second-order valence-electron chi connectivity index (χ2n) is 3.15. The smallest absolute Gasteiger partial charge is 0.235 e. The minimum absolute atomic E-state index is 0.362. The van der Waals surface area contributed by atoms with E-state index in [9.17, 15) is 4.79 Å². The minimum Gasteiger partial charge on any atom is -0.496 e. The van der Waals surface area contributed by atoms with Crippen LogP contribution in [0, 0.1) is 0 Å². The predicted molar refractivity (Wildman–Crippen MR) is 70.9 cm³/mol. The molecule has 1 aromatic rings. The van der Waals surface area contributed by atoms with Crippen LogP contribution in [0.1, 0.15) is 5.56 Å². The van der Waals surface area contributed by atoms with Crippen LogP contribution >= 0.6 is 43.5 Å². The van der Waals surface area contributed by atoms with Gasteiger partial charge in [0.15, 0.2) is 0 Å². The van der Waals surface area contributed by atoms with Gasteiger partial charge in [-0.3, -0.25) is 4.79 Å². The number of carbonyl (C=O) groups is 1. The van der Waals surface area contributed by atoms with Gasteiger partial charge in [-0.15, -0.1) is 11.6 Å². The second kappa shape index (κ2) is 5.89. The number of primary amides is 1. The van der Waals surface area contributed by atoms with Gasteiger partial charge in [0.25, 0.3) is 0 Å². The lowest BCUT2D eigenvalue weighted by molar-refractivity contribution is -0.117. The summed E-state index contributed by atoms with van der Waals surface area (Å²) < 4.78 is 6.84. The minimum atomic E-state index is -0.720. The Kier molecular flexibility index (Phi) is 5.08. The summed E-state index contributed by atoms with van der Waals surface area (Å²) in [7, 11) is 1.57. The molecule has 0 fully saturated rings. The highest BCUT2D eigenvalue weighted by Crippen LogP contribution is 2.32. The Balaban J connectivity index is 3.00. The molecule has 3 nitrogen and oxygen atoms in total. The zero-order chi connectivity index (χ0) is 12.3. The van der Waals surface area contributed by atoms with E-state index in [0.29, 0.717) is 12.2 Å². The van der Waals surface area contributed by atoms with Gasteiger partial charge in [-0.1, -0.05) is 15.9 Å². The van der Waals surface area contributed by atoms with E-state index in [1.165, 1.54) is 0 Å². The lowest BCUT2D eigenvalue weighted by Crippen LogP contribution is -2.25. The third-order valence-electron chi connectivity index (χ3n) is 2.03. The zero-order valence-corrected chi connectivity index (χ0v) is 12.4. The number of methoxy groups -OCH3 is 1. The van der Waals surface area contributed by atoms with Gasteiger partial charge in [0.2, 0.25) is 5.91 Å². The molecule has 0 aliphatic rings. The SMILES string of the molecule is COc1cc(CC(Cl)C(N)=O)c(Br)cc1Br. The van der Waals surface area contributed by atoms with Crippen LogP contribution in [0.4, 0.5) is 0 Å². The van der Waals surface area contributed by atoms with Crippen molar-refractivity contribution in [3.63, 3.8) is 0 Å². The maximum Gasteiger partial charge on any atom is 0.235 e. The summed E-state index contributed by atoms with van der Waals surface area (Å²) in [6.45, 7) is 0. The van der Waals surface area contributed by atoms with Crippen molar-refractivity contribution in [2.75, 3.05) is 7.11 Å². The number of halogens is 3. The van der Waals surface area contributed by atoms with Crippen LogP contribution in [0.2, 0.25) is 0 Å². The fraction of sp³-hybridized carbons (Fsp3) is 0.300. The Morgan fingerprint density at radius 3 is 2.62 bits per heavy atom. The van der Waals surface area contributed by atoms with Gasteiger partial charge >= 0.3 is 0 Å². The van der Waals surface area contributed by atoms with Crippen molar-refractivity contribution >= 4 is 49.4 Å². The Hall–Kier alpha value is -0.260. The van der Waals surface area contributed by atoms with Crippen LogP contribution in [-0.4, -0.2) is 18.4 Å². The molecule has 1 aromatic carbocycles. The Bertz CT molecular complexity index is 412. The van der Waals surface area contributed by atoms with Crippen LogP contribution < -0.4 is 10.5 Å². The first kappa shape index (κ1) is 13.8. The van der Waals surface area contributed by atoms with Crippen LogP contribution in [-0.2, 0) is 11.2 Å². The van der Waals surface area contributed by atoms with Crippen LogP contribution in [0.15, 0.2) is 21.1 Å². The molecule has 0 bridgehead atoms. The molecule has 0 radical (unpaired) electrons. The highest BCUT2D eigenvalue weighted by Gasteiger charge is 2.15. The number of benzene rings is 1. The monoisotopic (exact) mass is 369 g/mol. The summed E-state index contributed by atoms with van der Waals surface area (Å²) in [6, 6.07) is 3.66. The molecule has 88 valence electrons. The zero-order valence-electron chi connectivity index (χ0n) is 8.47. The number of amides is 1. The van der Waals surface area contributed by atoms with Gasteiger partial charge in [-0.2, -0.15) is 0 Å². The quantitative estimate of drug-likeness (QED) is 0.828. The summed E-state index contributed by atoms with van der Waals surface area (Å²) >= 11 is 12.6. The topological polar surface area (TPSA) is 52.3 Å². The number of alkyl halides is 1. The van der Waals surface area contributed by atoms with Gasteiger partial charge in [0, 0.05) is 4.47 Å². The lowest BCUT2D eigenvalue weighted by Gasteiger charge is -2.11. The molecule has 0 aromatic heterocycles. The first-order valence-electron chi connectivity index (χ1n) is 4.41. The van der Waals surface area contributed by atoms with E-state index in [4.69, 9.17) is 22.1 Å². The molecule has 0 aliphatic carbocycles. The Labute approximate surface area is 116 Å². The molecule has 0 saturated carbocycles. The molecule has 16 heavy (non-hydrogen) atoms. The van der Waals surface area contributed by atoms with E-state index in [1.54, 1.807) is 7.11 Å². The molecule has 1 atom stereocenters. The van der Waals surface area contributed by atoms with Crippen molar-refractivity contribution < 1.29 is 9.53 Å². The number of rotatable bonds is 4. The molecule has 2 N–H and O–H groups in total. The first-order chi connectivity index (χ1) is 7.45. The highest BCUT2D eigenvalue weighted by molar-refractivity contribution is 9.11. The summed E-state index contributed by atoms with van der Waals surface area (Å²) in [6.07, 6.45) is 0.362. The number of carbonyl (C=O) groups excluding carboxylic acids is 1. The predicted octanol–water partition coefficient (Wildman–Crippen LogP) is 2.86. The van der Waals surface area contributed by atoms with E-state index in [-0.39, 0.29) is 0 Å². The average molecular weight is 371 g/mol. The Morgan fingerprint density at radius 1 is 1.50 bits per heavy atom. The first-order valence-corrected chi connectivity index (χ1v) is 6.43. The number of hydrogen-bond acceptors (Lipinski definition) is 2. The van der Waals surface area contributed by atoms with Crippen molar-refractivity contribution in [2.24, 2.45) is 5.73 Å². The van der Waals surface area contributed by atoms with E-state index in [2.05, 4.69) is 31.9 Å². The largest absolute Gasteiger partial charge is 0.496 e. The van der Waals surface area contributed by atoms with Gasteiger partial charge in [0.05, 0.1) is 11.6 Å². The highest BCUT2D eigenvalue weighted by atomic mass is 79.9. The number of nitrogens with two attached hydrogens (primary N) is 1. The van der Waals surface area contributed by atoms with Gasteiger partial charge < -0.3 is 10.5 Å². The molecule has 1 amide bonds. The maximum absolute atomic E-state index is 10.9. The van der Waals surface area contributed by atoms with Crippen LogP contribution in [0.25, 0.3) is 0 Å². The summed E-state index contributed by atoms with van der Waals surface area (Å²) in [5.74, 6) is 0.155. The van der Waals surface area contributed by atoms with E-state index < -0.39 is 11.3 Å². The average Bonchev–Trinajstić information content (AvgIpc) is 2.21. The normalized spacial score (nSPS) is 12.2. The maximum atomic E-state index is 10.9. The van der Waals surface area contributed by atoms with Crippen molar-refractivity contribution in [3.05, 3.63) is 26.6 Å². The summed E-state index contributed by atoms with van der Waals surface area (Å²) in [5, 5.41) is -0.720. The molecule has 0 aliphatic heterocycles. The second-order valence-corrected chi connectivity index (χ2v) is 5.39. The molecule has 0 spiro atoms. The third kappa shape index (κ3) is 3.37. The van der Waals surface area contributed by atoms with Crippen molar-refractivity contribution in [3.8, 4) is 5.75 Å². The molecule has 0 heterocycles. The molecular weight excluding hydrogens is 361 g/mol. The number of ether oxygens (including phenoxy) is 1. The molecule has 1 unspecified atom stereocenters. The van der Waals surface area contributed by atoms with Gasteiger partial charge in [-0.25, -0.2) is 0 Å². The third-order valence-corrected chi connectivity index (χ3v) is 3.76. The molecule has 0 saturated heterocycles.